The predicted molar refractivity (Wildman–Crippen MR) is 99.1 cm³/mol. The van der Waals surface area contributed by atoms with Crippen molar-refractivity contribution in [1.29, 1.82) is 0 Å². The average molecular weight is 387 g/mol. The minimum atomic E-state index is -1.54. The Hall–Kier alpha value is -0.460. The number of aryl methyl sites for hydroxylation is 1. The van der Waals surface area contributed by atoms with Crippen molar-refractivity contribution in [3.63, 3.8) is 0 Å². The van der Waals surface area contributed by atoms with Crippen LogP contribution in [-0.4, -0.2) is 38.1 Å². The Labute approximate surface area is 157 Å². The van der Waals surface area contributed by atoms with Gasteiger partial charge in [0.25, 0.3) is 0 Å². The molecular weight excluding hydrogens is 360 g/mol. The molecule has 3 rings (SSSR count). The number of ether oxygens (including phenoxy) is 2. The molecule has 1 aliphatic carbocycles. The van der Waals surface area contributed by atoms with Crippen LogP contribution >= 0.6 is 11.6 Å². The second-order valence-corrected chi connectivity index (χ2v) is 9.99. The second-order valence-electron chi connectivity index (χ2n) is 7.52. The lowest BCUT2D eigenvalue weighted by molar-refractivity contribution is -0.205. The third kappa shape index (κ3) is 3.30. The molecule has 1 aromatic rings. The summed E-state index contributed by atoms with van der Waals surface area (Å²) in [4.78, 5) is 0.649. The van der Waals surface area contributed by atoms with Gasteiger partial charge in [-0.25, -0.2) is 0 Å². The van der Waals surface area contributed by atoms with Gasteiger partial charge < -0.3 is 14.6 Å². The van der Waals surface area contributed by atoms with Crippen molar-refractivity contribution in [3.05, 3.63) is 29.8 Å². The fourth-order valence-electron chi connectivity index (χ4n) is 3.93. The van der Waals surface area contributed by atoms with E-state index in [0.29, 0.717) is 43.8 Å². The van der Waals surface area contributed by atoms with Gasteiger partial charge in [-0.15, -0.1) is 11.6 Å². The van der Waals surface area contributed by atoms with Gasteiger partial charge in [0.1, 0.15) is 0 Å². The second kappa shape index (κ2) is 6.93. The van der Waals surface area contributed by atoms with Crippen LogP contribution in [0.5, 0.6) is 0 Å². The molecule has 0 aromatic heterocycles. The highest BCUT2D eigenvalue weighted by molar-refractivity contribution is 7.88. The van der Waals surface area contributed by atoms with Gasteiger partial charge in [-0.05, 0) is 37.8 Å². The third-order valence-electron chi connectivity index (χ3n) is 5.53. The normalized spacial score (nSPS) is 25.8. The Morgan fingerprint density at radius 2 is 1.64 bits per heavy atom. The van der Waals surface area contributed by atoms with Crippen LogP contribution in [0.1, 0.15) is 45.1 Å². The van der Waals surface area contributed by atoms with Crippen LogP contribution in [0.3, 0.4) is 0 Å². The van der Waals surface area contributed by atoms with Gasteiger partial charge in [0.2, 0.25) is 0 Å². The summed E-state index contributed by atoms with van der Waals surface area (Å²) in [6, 6.07) is 7.51. The van der Waals surface area contributed by atoms with Gasteiger partial charge in [-0.2, -0.15) is 0 Å². The van der Waals surface area contributed by atoms with E-state index in [2.05, 4.69) is 0 Å². The van der Waals surface area contributed by atoms with Gasteiger partial charge in [0.15, 0.2) is 9.99 Å². The summed E-state index contributed by atoms with van der Waals surface area (Å²) < 4.78 is 23.6. The average Bonchev–Trinajstić information content (AvgIpc) is 3.05. The molecule has 2 atom stereocenters. The van der Waals surface area contributed by atoms with Crippen molar-refractivity contribution >= 4 is 22.4 Å². The van der Waals surface area contributed by atoms with Crippen LogP contribution in [-0.2, 0) is 20.3 Å². The first-order valence-corrected chi connectivity index (χ1v) is 10.4. The van der Waals surface area contributed by atoms with Gasteiger partial charge in [0.05, 0.1) is 29.6 Å². The van der Waals surface area contributed by atoms with Crippen molar-refractivity contribution in [1.82, 2.24) is 0 Å². The predicted octanol–water partition coefficient (Wildman–Crippen LogP) is 3.74. The summed E-state index contributed by atoms with van der Waals surface area (Å²) >= 11 is 6.98. The summed E-state index contributed by atoms with van der Waals surface area (Å²) in [5.41, 5.74) is -0.140. The lowest BCUT2D eigenvalue weighted by atomic mass is 9.76. The zero-order chi connectivity index (χ0) is 18.3. The monoisotopic (exact) mass is 386 g/mol. The molecule has 0 amide bonds. The molecule has 1 saturated heterocycles. The molecular formula is C19H27ClO4S. The quantitative estimate of drug-likeness (QED) is 0.801. The molecule has 4 nitrogen and oxygen atoms in total. The van der Waals surface area contributed by atoms with E-state index >= 15 is 0 Å². The molecule has 0 bridgehead atoms. The summed E-state index contributed by atoms with van der Waals surface area (Å²) in [6.45, 7) is 7.00. The summed E-state index contributed by atoms with van der Waals surface area (Å²) in [5.74, 6) is -0.757. The van der Waals surface area contributed by atoms with Crippen molar-refractivity contribution in [2.45, 2.75) is 66.9 Å². The third-order valence-corrected chi connectivity index (χ3v) is 8.83. The molecule has 2 unspecified atom stereocenters. The smallest absolute Gasteiger partial charge is 0.168 e. The first kappa shape index (κ1) is 19.3. The maximum Gasteiger partial charge on any atom is 0.168 e. The van der Waals surface area contributed by atoms with Crippen LogP contribution in [0.15, 0.2) is 29.2 Å². The van der Waals surface area contributed by atoms with Crippen LogP contribution in [0.2, 0.25) is 0 Å². The van der Waals surface area contributed by atoms with E-state index in [1.807, 2.05) is 45.0 Å². The fraction of sp³-hybridized carbons (Fsp3) is 0.684. The van der Waals surface area contributed by atoms with Gasteiger partial charge >= 0.3 is 0 Å². The van der Waals surface area contributed by atoms with E-state index in [-0.39, 0.29) is 5.92 Å². The number of halogens is 1. The maximum atomic E-state index is 13.4. The van der Waals surface area contributed by atoms with Gasteiger partial charge in [-0.1, -0.05) is 31.5 Å². The molecule has 25 heavy (non-hydrogen) atoms. The molecule has 140 valence electrons. The van der Waals surface area contributed by atoms with Crippen molar-refractivity contribution in [3.8, 4) is 0 Å². The number of hydrogen-bond acceptors (Lipinski definition) is 4. The van der Waals surface area contributed by atoms with Crippen molar-refractivity contribution in [2.24, 2.45) is 5.92 Å². The molecule has 1 N–H and O–H groups in total. The SMILES string of the molecule is Cc1ccc(S(=O)C(Cl)(C(C)C)C2(O)CCC3(CC2)OCCO3)cc1. The highest BCUT2D eigenvalue weighted by Crippen LogP contribution is 2.52. The van der Waals surface area contributed by atoms with E-state index in [4.69, 9.17) is 21.1 Å². The molecule has 0 radical (unpaired) electrons. The highest BCUT2D eigenvalue weighted by Gasteiger charge is 2.59. The van der Waals surface area contributed by atoms with Gasteiger partial charge in [-0.3, -0.25) is 4.21 Å². The number of alkyl halides is 1. The first-order valence-electron chi connectivity index (χ1n) is 8.90. The van der Waals surface area contributed by atoms with Crippen molar-refractivity contribution < 1.29 is 18.8 Å². The van der Waals surface area contributed by atoms with Crippen molar-refractivity contribution in [2.75, 3.05) is 13.2 Å². The zero-order valence-electron chi connectivity index (χ0n) is 15.1. The Kier molecular flexibility index (Phi) is 5.35. The standard InChI is InChI=1S/C19H27ClO4S/c1-14(2)19(20,25(22)16-6-4-15(3)5-7-16)17(21)8-10-18(11-9-17)23-12-13-24-18/h4-7,14,21H,8-13H2,1-3H3. The molecule has 1 saturated carbocycles. The van der Waals surface area contributed by atoms with E-state index in [0.717, 1.165) is 5.56 Å². The lowest BCUT2D eigenvalue weighted by Gasteiger charge is -2.49. The Morgan fingerprint density at radius 3 is 2.12 bits per heavy atom. The minimum Gasteiger partial charge on any atom is -0.387 e. The number of hydrogen-bond donors (Lipinski definition) is 1. The van der Waals surface area contributed by atoms with Crippen LogP contribution in [0.4, 0.5) is 0 Å². The number of aliphatic hydroxyl groups is 1. The fourth-order valence-corrected chi connectivity index (χ4v) is 6.09. The number of rotatable bonds is 4. The van der Waals surface area contributed by atoms with Crippen LogP contribution in [0, 0.1) is 12.8 Å². The molecule has 1 heterocycles. The Balaban J connectivity index is 1.89. The maximum absolute atomic E-state index is 13.4. The zero-order valence-corrected chi connectivity index (χ0v) is 16.7. The molecule has 2 fully saturated rings. The molecule has 1 aliphatic heterocycles. The van der Waals surface area contributed by atoms with E-state index in [1.165, 1.54) is 0 Å². The van der Waals surface area contributed by atoms with Crippen LogP contribution < -0.4 is 0 Å². The topological polar surface area (TPSA) is 55.8 Å². The number of benzene rings is 1. The van der Waals surface area contributed by atoms with E-state index < -0.39 is 26.4 Å². The molecule has 6 heteroatoms. The Bertz CT molecular complexity index is 629. The molecule has 2 aliphatic rings. The summed E-state index contributed by atoms with van der Waals surface area (Å²) in [5, 5.41) is 11.5. The Morgan fingerprint density at radius 1 is 1.12 bits per heavy atom. The van der Waals surface area contributed by atoms with Crippen LogP contribution in [0.25, 0.3) is 0 Å². The summed E-state index contributed by atoms with van der Waals surface area (Å²) in [6.07, 6.45) is 1.95. The lowest BCUT2D eigenvalue weighted by Crippen LogP contribution is -2.59. The van der Waals surface area contributed by atoms with Gasteiger partial charge in [0, 0.05) is 17.7 Å². The largest absolute Gasteiger partial charge is 0.387 e. The molecule has 1 spiro atoms. The minimum absolute atomic E-state index is 0.166. The highest BCUT2D eigenvalue weighted by atomic mass is 35.5. The molecule has 1 aromatic carbocycles. The van der Waals surface area contributed by atoms with E-state index in [1.54, 1.807) is 0 Å². The summed E-state index contributed by atoms with van der Waals surface area (Å²) in [7, 11) is -1.54. The first-order chi connectivity index (χ1) is 11.7. The van der Waals surface area contributed by atoms with E-state index in [9.17, 15) is 9.32 Å².